The molecular formula is C32H37Cl2FN4O. The van der Waals surface area contributed by atoms with Gasteiger partial charge in [-0.15, -0.1) is 12.4 Å². The highest BCUT2D eigenvalue weighted by Crippen LogP contribution is 2.32. The topological polar surface area (TPSA) is 49.6 Å². The van der Waals surface area contributed by atoms with Gasteiger partial charge in [-0.05, 0) is 72.1 Å². The van der Waals surface area contributed by atoms with Crippen LogP contribution < -0.4 is 10.2 Å². The van der Waals surface area contributed by atoms with E-state index in [9.17, 15) is 4.79 Å². The molecule has 0 saturated carbocycles. The Labute approximate surface area is 247 Å². The summed E-state index contributed by atoms with van der Waals surface area (Å²) >= 11 is 6.15. The number of hydrogen-bond acceptors (Lipinski definition) is 3. The van der Waals surface area contributed by atoms with Gasteiger partial charge in [-0.3, -0.25) is 9.20 Å². The molecule has 0 unspecified atom stereocenters. The SMILES string of the molecule is CCc1nc2ccc(Cl)cn2c1C(=O)NCc1ccc(C2CCN(c3ccc(C(C)(C)C)cc3)CC2)cc1F.Cl. The van der Waals surface area contributed by atoms with Gasteiger partial charge in [-0.25, -0.2) is 9.37 Å². The minimum Gasteiger partial charge on any atom is -0.371 e. The van der Waals surface area contributed by atoms with E-state index < -0.39 is 0 Å². The highest BCUT2D eigenvalue weighted by molar-refractivity contribution is 6.30. The molecule has 0 atom stereocenters. The number of aryl methyl sites for hydroxylation is 1. The first-order chi connectivity index (χ1) is 18.6. The molecular weight excluding hydrogens is 546 g/mol. The number of aromatic nitrogens is 2. The zero-order valence-electron chi connectivity index (χ0n) is 23.5. The molecule has 1 amide bonds. The largest absolute Gasteiger partial charge is 0.371 e. The third-order valence-corrected chi connectivity index (χ3v) is 8.01. The number of fused-ring (bicyclic) bond motifs is 1. The maximum atomic E-state index is 15.1. The van der Waals surface area contributed by atoms with Gasteiger partial charge in [0.1, 0.15) is 17.2 Å². The summed E-state index contributed by atoms with van der Waals surface area (Å²) in [6, 6.07) is 17.9. The average molecular weight is 584 g/mol. The summed E-state index contributed by atoms with van der Waals surface area (Å²) in [6.45, 7) is 10.6. The number of carbonyl (C=O) groups excluding carboxylic acids is 1. The van der Waals surface area contributed by atoms with Crippen molar-refractivity contribution in [3.05, 3.63) is 99.7 Å². The number of rotatable bonds is 6. The number of imidazole rings is 1. The third-order valence-electron chi connectivity index (χ3n) is 7.79. The molecule has 3 heterocycles. The van der Waals surface area contributed by atoms with Crippen LogP contribution in [0.15, 0.2) is 60.8 Å². The van der Waals surface area contributed by atoms with Gasteiger partial charge in [-0.1, -0.05) is 63.6 Å². The molecule has 1 aliphatic rings. The quantitative estimate of drug-likeness (QED) is 0.253. The number of pyridine rings is 1. The maximum absolute atomic E-state index is 15.1. The van der Waals surface area contributed by atoms with E-state index in [0.717, 1.165) is 31.5 Å². The van der Waals surface area contributed by atoms with Crippen molar-refractivity contribution in [3.63, 3.8) is 0 Å². The van der Waals surface area contributed by atoms with E-state index in [1.807, 2.05) is 13.0 Å². The number of anilines is 1. The van der Waals surface area contributed by atoms with Gasteiger partial charge in [0.2, 0.25) is 0 Å². The molecule has 8 heteroatoms. The Morgan fingerprint density at radius 3 is 2.40 bits per heavy atom. The molecule has 4 aromatic rings. The van der Waals surface area contributed by atoms with Crippen molar-refractivity contribution >= 4 is 41.2 Å². The number of nitrogens with zero attached hydrogens (tertiary/aromatic N) is 3. The van der Waals surface area contributed by atoms with E-state index >= 15 is 4.39 Å². The van der Waals surface area contributed by atoms with Crippen molar-refractivity contribution in [2.75, 3.05) is 18.0 Å². The van der Waals surface area contributed by atoms with Crippen molar-refractivity contribution in [3.8, 4) is 0 Å². The molecule has 5 rings (SSSR count). The molecule has 0 aliphatic carbocycles. The first-order valence-electron chi connectivity index (χ1n) is 13.7. The van der Waals surface area contributed by atoms with E-state index in [4.69, 9.17) is 11.6 Å². The lowest BCUT2D eigenvalue weighted by Crippen LogP contribution is -2.33. The van der Waals surface area contributed by atoms with Crippen molar-refractivity contribution < 1.29 is 9.18 Å². The average Bonchev–Trinajstić information content (AvgIpc) is 3.29. The van der Waals surface area contributed by atoms with Crippen LogP contribution in [0.4, 0.5) is 10.1 Å². The van der Waals surface area contributed by atoms with Crippen molar-refractivity contribution in [2.45, 2.75) is 64.8 Å². The third kappa shape index (κ3) is 6.29. The fourth-order valence-electron chi connectivity index (χ4n) is 5.42. The first-order valence-corrected chi connectivity index (χ1v) is 14.1. The molecule has 0 bridgehead atoms. The Kier molecular flexibility index (Phi) is 9.11. The fourth-order valence-corrected chi connectivity index (χ4v) is 5.58. The molecule has 5 nitrogen and oxygen atoms in total. The van der Waals surface area contributed by atoms with E-state index in [2.05, 4.69) is 60.2 Å². The fraction of sp³-hybridized carbons (Fsp3) is 0.375. The number of amides is 1. The van der Waals surface area contributed by atoms with Crippen LogP contribution in [-0.4, -0.2) is 28.4 Å². The number of hydrogen-bond donors (Lipinski definition) is 1. The number of benzene rings is 2. The lowest BCUT2D eigenvalue weighted by molar-refractivity contribution is 0.0943. The number of halogens is 3. The van der Waals surface area contributed by atoms with Crippen LogP contribution >= 0.6 is 24.0 Å². The van der Waals surface area contributed by atoms with Crippen LogP contribution in [0, 0.1) is 5.82 Å². The molecule has 212 valence electrons. The van der Waals surface area contributed by atoms with Crippen LogP contribution in [0.25, 0.3) is 5.65 Å². The van der Waals surface area contributed by atoms with Crippen LogP contribution in [-0.2, 0) is 18.4 Å². The Balaban J connectivity index is 0.00000370. The Bertz CT molecular complexity index is 1490. The summed E-state index contributed by atoms with van der Waals surface area (Å²) in [5.74, 6) is -0.263. The second-order valence-corrected chi connectivity index (χ2v) is 11.9. The van der Waals surface area contributed by atoms with Crippen LogP contribution in [0.5, 0.6) is 0 Å². The predicted octanol–water partition coefficient (Wildman–Crippen LogP) is 7.72. The van der Waals surface area contributed by atoms with Crippen molar-refractivity contribution in [1.29, 1.82) is 0 Å². The molecule has 0 radical (unpaired) electrons. The molecule has 0 spiro atoms. The lowest BCUT2D eigenvalue weighted by Gasteiger charge is -2.34. The van der Waals surface area contributed by atoms with E-state index in [1.54, 1.807) is 34.9 Å². The Morgan fingerprint density at radius 2 is 1.77 bits per heavy atom. The molecule has 2 aromatic carbocycles. The van der Waals surface area contributed by atoms with Gasteiger partial charge < -0.3 is 10.2 Å². The van der Waals surface area contributed by atoms with E-state index in [1.165, 1.54) is 11.3 Å². The second kappa shape index (κ2) is 12.2. The van der Waals surface area contributed by atoms with Crippen LogP contribution in [0.3, 0.4) is 0 Å². The minimum atomic E-state index is -0.298. The van der Waals surface area contributed by atoms with E-state index in [-0.39, 0.29) is 36.1 Å². The smallest absolute Gasteiger partial charge is 0.270 e. The molecule has 1 aliphatic heterocycles. The number of carbonyl (C=O) groups is 1. The zero-order chi connectivity index (χ0) is 27.7. The van der Waals surface area contributed by atoms with Crippen molar-refractivity contribution in [2.24, 2.45) is 0 Å². The summed E-state index contributed by atoms with van der Waals surface area (Å²) in [4.78, 5) is 20.0. The van der Waals surface area contributed by atoms with Gasteiger partial charge in [0.25, 0.3) is 5.91 Å². The second-order valence-electron chi connectivity index (χ2n) is 11.4. The summed E-state index contributed by atoms with van der Waals surface area (Å²) in [7, 11) is 0. The molecule has 2 aromatic heterocycles. The van der Waals surface area contributed by atoms with Gasteiger partial charge in [-0.2, -0.15) is 0 Å². The van der Waals surface area contributed by atoms with Crippen LogP contribution in [0.1, 0.15) is 79.3 Å². The van der Waals surface area contributed by atoms with Crippen molar-refractivity contribution in [1.82, 2.24) is 14.7 Å². The standard InChI is InChI=1S/C32H36ClFN4O.ClH/c1-5-28-30(38-20-25(33)10-13-29(38)36-28)31(39)35-19-23-7-6-22(18-27(23)34)21-14-16-37(17-15-21)26-11-8-24(9-12-26)32(2,3)4;/h6-13,18,20-21H,5,14-17,19H2,1-4H3,(H,35,39);1H. The summed E-state index contributed by atoms with van der Waals surface area (Å²) in [5, 5.41) is 3.39. The first kappa shape index (κ1) is 29.9. The van der Waals surface area contributed by atoms with Gasteiger partial charge in [0.05, 0.1) is 10.7 Å². The summed E-state index contributed by atoms with van der Waals surface area (Å²) in [6.07, 6.45) is 4.24. The molecule has 40 heavy (non-hydrogen) atoms. The predicted molar refractivity (Wildman–Crippen MR) is 164 cm³/mol. The van der Waals surface area contributed by atoms with Gasteiger partial charge in [0.15, 0.2) is 0 Å². The van der Waals surface area contributed by atoms with E-state index in [0.29, 0.717) is 40.0 Å². The number of nitrogens with one attached hydrogen (secondary N) is 1. The Hall–Kier alpha value is -3.09. The Morgan fingerprint density at radius 1 is 1.07 bits per heavy atom. The summed E-state index contributed by atoms with van der Waals surface area (Å²) < 4.78 is 16.8. The van der Waals surface area contributed by atoms with Crippen LogP contribution in [0.2, 0.25) is 5.02 Å². The molecule has 1 saturated heterocycles. The normalized spacial score (nSPS) is 14.3. The summed E-state index contributed by atoms with van der Waals surface area (Å²) in [5.41, 5.74) is 5.99. The highest BCUT2D eigenvalue weighted by atomic mass is 35.5. The lowest BCUT2D eigenvalue weighted by atomic mass is 9.86. The minimum absolute atomic E-state index is 0. The zero-order valence-corrected chi connectivity index (χ0v) is 25.1. The highest BCUT2D eigenvalue weighted by Gasteiger charge is 2.23. The monoisotopic (exact) mass is 582 g/mol. The number of piperidine rings is 1. The maximum Gasteiger partial charge on any atom is 0.270 e. The van der Waals surface area contributed by atoms with Gasteiger partial charge >= 0.3 is 0 Å². The van der Waals surface area contributed by atoms with Gasteiger partial charge in [0, 0.05) is 37.1 Å². The molecule has 1 fully saturated rings. The molecule has 1 N–H and O–H groups in total.